The van der Waals surface area contributed by atoms with Crippen molar-refractivity contribution in [1.82, 2.24) is 25.1 Å². The van der Waals surface area contributed by atoms with Crippen LogP contribution in [0.3, 0.4) is 0 Å². The Labute approximate surface area is 118 Å². The first-order valence-corrected chi connectivity index (χ1v) is 7.05. The fourth-order valence-corrected chi connectivity index (χ4v) is 2.60. The average Bonchev–Trinajstić information content (AvgIpc) is 2.92. The fraction of sp³-hybridized carbons (Fsp3) is 0.500. The van der Waals surface area contributed by atoms with E-state index >= 15 is 0 Å². The number of hydrogen-bond acceptors (Lipinski definition) is 5. The van der Waals surface area contributed by atoms with Crippen LogP contribution in [0.4, 0.5) is 5.95 Å². The minimum absolute atomic E-state index is 0.474. The highest BCUT2D eigenvalue weighted by Crippen LogP contribution is 2.15. The van der Waals surface area contributed by atoms with E-state index in [4.69, 9.17) is 0 Å². The molecule has 1 N–H and O–H groups in total. The zero-order valence-corrected chi connectivity index (χ0v) is 11.7. The Kier molecular flexibility index (Phi) is 3.92. The molecular weight excluding hydrogens is 252 g/mol. The lowest BCUT2D eigenvalue weighted by atomic mass is 10.1. The van der Waals surface area contributed by atoms with Crippen molar-refractivity contribution in [2.75, 3.05) is 18.0 Å². The molecule has 1 saturated heterocycles. The number of aryl methyl sites for hydroxylation is 1. The molecule has 0 saturated carbocycles. The molecule has 0 radical (unpaired) electrons. The van der Waals surface area contributed by atoms with E-state index in [1.165, 1.54) is 18.5 Å². The number of nitrogens with zero attached hydrogens (tertiary/aromatic N) is 5. The first-order chi connectivity index (χ1) is 9.83. The van der Waals surface area contributed by atoms with Gasteiger partial charge < -0.3 is 10.2 Å². The van der Waals surface area contributed by atoms with Gasteiger partial charge in [-0.3, -0.25) is 4.68 Å². The monoisotopic (exact) mass is 272 g/mol. The predicted octanol–water partition coefficient (Wildman–Crippen LogP) is 0.969. The quantitative estimate of drug-likeness (QED) is 0.898. The number of aromatic nitrogens is 4. The van der Waals surface area contributed by atoms with E-state index in [0.717, 1.165) is 25.6 Å². The topological polar surface area (TPSA) is 58.9 Å². The summed E-state index contributed by atoms with van der Waals surface area (Å²) in [5.41, 5.74) is 1.21. The molecule has 6 nitrogen and oxygen atoms in total. The highest BCUT2D eigenvalue weighted by atomic mass is 15.3. The summed E-state index contributed by atoms with van der Waals surface area (Å²) in [6.07, 6.45) is 7.80. The molecule has 1 fully saturated rings. The summed E-state index contributed by atoms with van der Waals surface area (Å²) in [4.78, 5) is 10.9. The van der Waals surface area contributed by atoms with E-state index < -0.39 is 0 Å². The Balaban J connectivity index is 1.57. The van der Waals surface area contributed by atoms with Gasteiger partial charge in [0.05, 0.1) is 5.69 Å². The van der Waals surface area contributed by atoms with Gasteiger partial charge in [0.1, 0.15) is 0 Å². The summed E-state index contributed by atoms with van der Waals surface area (Å²) in [7, 11) is 1.97. The zero-order valence-electron chi connectivity index (χ0n) is 11.7. The number of rotatable bonds is 4. The summed E-state index contributed by atoms with van der Waals surface area (Å²) in [6.45, 7) is 2.85. The number of piperidine rings is 1. The molecule has 6 heteroatoms. The van der Waals surface area contributed by atoms with Crippen LogP contribution in [0.1, 0.15) is 18.5 Å². The van der Waals surface area contributed by atoms with Crippen molar-refractivity contribution in [3.63, 3.8) is 0 Å². The van der Waals surface area contributed by atoms with Crippen LogP contribution in [0.5, 0.6) is 0 Å². The molecule has 0 amide bonds. The number of anilines is 1. The first-order valence-electron chi connectivity index (χ1n) is 7.05. The molecule has 3 heterocycles. The van der Waals surface area contributed by atoms with E-state index in [2.05, 4.69) is 25.3 Å². The van der Waals surface area contributed by atoms with Crippen molar-refractivity contribution in [2.45, 2.75) is 25.4 Å². The standard InChI is InChI=1S/C14H20N6/c1-19-13(5-8-18-19)10-17-12-4-2-9-20(11-12)14-15-6-3-7-16-14/h3,5-8,12,17H,2,4,9-11H2,1H3. The van der Waals surface area contributed by atoms with Crippen LogP contribution in [0, 0.1) is 0 Å². The third-order valence-corrected chi connectivity index (χ3v) is 3.75. The minimum atomic E-state index is 0.474. The van der Waals surface area contributed by atoms with Crippen LogP contribution < -0.4 is 10.2 Å². The Morgan fingerprint density at radius 1 is 1.30 bits per heavy atom. The van der Waals surface area contributed by atoms with Gasteiger partial charge in [0.2, 0.25) is 5.95 Å². The SMILES string of the molecule is Cn1nccc1CNC1CCCN(c2ncccn2)C1. The van der Waals surface area contributed by atoms with Gasteiger partial charge in [-0.15, -0.1) is 0 Å². The second-order valence-corrected chi connectivity index (χ2v) is 5.16. The number of hydrogen-bond donors (Lipinski definition) is 1. The second-order valence-electron chi connectivity index (χ2n) is 5.16. The molecule has 3 rings (SSSR count). The van der Waals surface area contributed by atoms with Crippen molar-refractivity contribution in [3.05, 3.63) is 36.4 Å². The first kappa shape index (κ1) is 13.1. The molecule has 0 aromatic carbocycles. The van der Waals surface area contributed by atoms with E-state index in [9.17, 15) is 0 Å². The molecule has 0 bridgehead atoms. The summed E-state index contributed by atoms with van der Waals surface area (Å²) >= 11 is 0. The maximum atomic E-state index is 4.33. The zero-order chi connectivity index (χ0) is 13.8. The molecule has 2 aromatic rings. The third-order valence-electron chi connectivity index (χ3n) is 3.75. The molecule has 20 heavy (non-hydrogen) atoms. The van der Waals surface area contributed by atoms with Crippen molar-refractivity contribution in [2.24, 2.45) is 7.05 Å². The summed E-state index contributed by atoms with van der Waals surface area (Å²) < 4.78 is 1.91. The smallest absolute Gasteiger partial charge is 0.225 e. The average molecular weight is 272 g/mol. The van der Waals surface area contributed by atoms with Crippen molar-refractivity contribution < 1.29 is 0 Å². The number of nitrogens with one attached hydrogen (secondary N) is 1. The maximum Gasteiger partial charge on any atom is 0.225 e. The highest BCUT2D eigenvalue weighted by molar-refractivity contribution is 5.29. The third kappa shape index (κ3) is 2.96. The molecule has 1 aliphatic heterocycles. The van der Waals surface area contributed by atoms with E-state index in [1.807, 2.05) is 30.1 Å². The van der Waals surface area contributed by atoms with Crippen LogP contribution in [-0.4, -0.2) is 38.9 Å². The van der Waals surface area contributed by atoms with Gasteiger partial charge in [-0.25, -0.2) is 9.97 Å². The van der Waals surface area contributed by atoms with E-state index in [-0.39, 0.29) is 0 Å². The fourth-order valence-electron chi connectivity index (χ4n) is 2.60. The molecule has 1 atom stereocenters. The lowest BCUT2D eigenvalue weighted by molar-refractivity contribution is 0.413. The molecule has 1 aliphatic rings. The summed E-state index contributed by atoms with van der Waals surface area (Å²) in [6, 6.07) is 4.38. The van der Waals surface area contributed by atoms with Crippen LogP contribution in [0.2, 0.25) is 0 Å². The Morgan fingerprint density at radius 2 is 2.15 bits per heavy atom. The molecular formula is C14H20N6. The van der Waals surface area contributed by atoms with Crippen molar-refractivity contribution >= 4 is 5.95 Å². The van der Waals surface area contributed by atoms with Crippen LogP contribution in [0.15, 0.2) is 30.7 Å². The van der Waals surface area contributed by atoms with Crippen LogP contribution in [0.25, 0.3) is 0 Å². The van der Waals surface area contributed by atoms with Gasteiger partial charge in [0.15, 0.2) is 0 Å². The lowest BCUT2D eigenvalue weighted by Gasteiger charge is -2.33. The molecule has 106 valence electrons. The van der Waals surface area contributed by atoms with Crippen LogP contribution >= 0.6 is 0 Å². The van der Waals surface area contributed by atoms with Gasteiger partial charge in [-0.2, -0.15) is 5.10 Å². The Hall–Kier alpha value is -1.95. The van der Waals surface area contributed by atoms with E-state index in [0.29, 0.717) is 6.04 Å². The predicted molar refractivity (Wildman–Crippen MR) is 77.3 cm³/mol. The highest BCUT2D eigenvalue weighted by Gasteiger charge is 2.21. The van der Waals surface area contributed by atoms with Gasteiger partial charge in [0, 0.05) is 51.3 Å². The normalized spacial score (nSPS) is 19.2. The van der Waals surface area contributed by atoms with Gasteiger partial charge >= 0.3 is 0 Å². The minimum Gasteiger partial charge on any atom is -0.339 e. The summed E-state index contributed by atoms with van der Waals surface area (Å²) in [5.74, 6) is 0.833. The molecule has 0 aliphatic carbocycles. The Morgan fingerprint density at radius 3 is 2.90 bits per heavy atom. The van der Waals surface area contributed by atoms with Crippen molar-refractivity contribution in [3.8, 4) is 0 Å². The van der Waals surface area contributed by atoms with Crippen molar-refractivity contribution in [1.29, 1.82) is 0 Å². The lowest BCUT2D eigenvalue weighted by Crippen LogP contribution is -2.46. The molecule has 0 spiro atoms. The molecule has 1 unspecified atom stereocenters. The van der Waals surface area contributed by atoms with Gasteiger partial charge in [-0.1, -0.05) is 0 Å². The Bertz CT molecular complexity index is 538. The molecule has 2 aromatic heterocycles. The summed E-state index contributed by atoms with van der Waals surface area (Å²) in [5, 5.41) is 7.80. The van der Waals surface area contributed by atoms with Gasteiger partial charge in [0.25, 0.3) is 0 Å². The van der Waals surface area contributed by atoms with Crippen LogP contribution in [-0.2, 0) is 13.6 Å². The second kappa shape index (κ2) is 6.00. The largest absolute Gasteiger partial charge is 0.339 e. The van der Waals surface area contributed by atoms with Gasteiger partial charge in [-0.05, 0) is 25.0 Å². The van der Waals surface area contributed by atoms with E-state index in [1.54, 1.807) is 12.4 Å². The maximum absolute atomic E-state index is 4.33.